The van der Waals surface area contributed by atoms with E-state index in [2.05, 4.69) is 0 Å². The molecule has 0 spiro atoms. The summed E-state index contributed by atoms with van der Waals surface area (Å²) in [5.41, 5.74) is -0.970. The van der Waals surface area contributed by atoms with Gasteiger partial charge in [0, 0.05) is 6.07 Å². The molecule has 1 rings (SSSR count). The number of ether oxygens (including phenoxy) is 2. The molecule has 8 nitrogen and oxygen atoms in total. The molecule has 118 valence electrons. The standard InChI is InChI=1S/C14H15NO7/c1-3-21-13(17)11(14(18)22-4-2)8-9-7-10(16)5-6-12(9)15(19)20/h5-8,16H,3-4H2,1-2H3. The fourth-order valence-electron chi connectivity index (χ4n) is 1.60. The fourth-order valence-corrected chi connectivity index (χ4v) is 1.60. The van der Waals surface area contributed by atoms with Crippen molar-refractivity contribution in [1.29, 1.82) is 0 Å². The molecule has 0 saturated carbocycles. The highest BCUT2D eigenvalue weighted by atomic mass is 16.6. The molecule has 0 unspecified atom stereocenters. The van der Waals surface area contributed by atoms with Gasteiger partial charge in [0.05, 0.1) is 23.7 Å². The first-order valence-electron chi connectivity index (χ1n) is 6.44. The lowest BCUT2D eigenvalue weighted by Gasteiger charge is -2.07. The first kappa shape index (κ1) is 17.2. The topological polar surface area (TPSA) is 116 Å². The molecule has 0 atom stereocenters. The number of nitrogens with zero attached hydrogens (tertiary/aromatic N) is 1. The van der Waals surface area contributed by atoms with Crippen molar-refractivity contribution in [1.82, 2.24) is 0 Å². The number of phenolic OH excluding ortho intramolecular Hbond substituents is 1. The third kappa shape index (κ3) is 4.30. The predicted octanol–water partition coefficient (Wildman–Crippen LogP) is 1.81. The number of esters is 2. The Morgan fingerprint density at radius 1 is 1.23 bits per heavy atom. The Morgan fingerprint density at radius 2 is 1.77 bits per heavy atom. The molecule has 22 heavy (non-hydrogen) atoms. The van der Waals surface area contributed by atoms with E-state index in [0.29, 0.717) is 0 Å². The van der Waals surface area contributed by atoms with E-state index < -0.39 is 22.4 Å². The number of nitro groups is 1. The highest BCUT2D eigenvalue weighted by Gasteiger charge is 2.23. The molecule has 0 aromatic heterocycles. The van der Waals surface area contributed by atoms with Crippen LogP contribution in [0.4, 0.5) is 5.69 Å². The fraction of sp³-hybridized carbons (Fsp3) is 0.286. The van der Waals surface area contributed by atoms with Gasteiger partial charge < -0.3 is 14.6 Å². The second-order valence-corrected chi connectivity index (χ2v) is 4.00. The largest absolute Gasteiger partial charge is 0.508 e. The summed E-state index contributed by atoms with van der Waals surface area (Å²) in [5.74, 6) is -2.17. The lowest BCUT2D eigenvalue weighted by atomic mass is 10.1. The summed E-state index contributed by atoms with van der Waals surface area (Å²) in [7, 11) is 0. The number of carbonyl (C=O) groups excluding carboxylic acids is 2. The van der Waals surface area contributed by atoms with Crippen molar-refractivity contribution in [2.24, 2.45) is 0 Å². The maximum atomic E-state index is 11.8. The van der Waals surface area contributed by atoms with Crippen molar-refractivity contribution >= 4 is 23.7 Å². The normalized spacial score (nSPS) is 9.73. The Hall–Kier alpha value is -2.90. The van der Waals surface area contributed by atoms with Gasteiger partial charge in [-0.3, -0.25) is 10.1 Å². The molecule has 8 heteroatoms. The highest BCUT2D eigenvalue weighted by Crippen LogP contribution is 2.26. The zero-order valence-electron chi connectivity index (χ0n) is 12.1. The van der Waals surface area contributed by atoms with Gasteiger partial charge in [-0.1, -0.05) is 0 Å². The Morgan fingerprint density at radius 3 is 2.23 bits per heavy atom. The number of rotatable bonds is 6. The summed E-state index contributed by atoms with van der Waals surface area (Å²) < 4.78 is 9.47. The minimum atomic E-state index is -0.960. The second kappa shape index (κ2) is 7.77. The number of benzene rings is 1. The van der Waals surface area contributed by atoms with E-state index in [-0.39, 0.29) is 30.2 Å². The molecule has 1 aromatic carbocycles. The number of carbonyl (C=O) groups is 2. The summed E-state index contributed by atoms with van der Waals surface area (Å²) in [4.78, 5) is 33.9. The van der Waals surface area contributed by atoms with Gasteiger partial charge in [0.15, 0.2) is 0 Å². The van der Waals surface area contributed by atoms with Gasteiger partial charge >= 0.3 is 11.9 Å². The van der Waals surface area contributed by atoms with Gasteiger partial charge in [-0.05, 0) is 32.1 Å². The minimum Gasteiger partial charge on any atom is -0.508 e. The molecule has 0 aliphatic rings. The number of aromatic hydroxyl groups is 1. The zero-order valence-corrected chi connectivity index (χ0v) is 12.1. The zero-order chi connectivity index (χ0) is 16.7. The Balaban J connectivity index is 3.38. The van der Waals surface area contributed by atoms with Crippen LogP contribution in [0.15, 0.2) is 23.8 Å². The van der Waals surface area contributed by atoms with Crippen LogP contribution in [0.1, 0.15) is 19.4 Å². The molecule has 0 aliphatic carbocycles. The van der Waals surface area contributed by atoms with Crippen LogP contribution in [-0.2, 0) is 19.1 Å². The maximum Gasteiger partial charge on any atom is 0.345 e. The lowest BCUT2D eigenvalue weighted by molar-refractivity contribution is -0.385. The van der Waals surface area contributed by atoms with Gasteiger partial charge in [0.2, 0.25) is 0 Å². The van der Waals surface area contributed by atoms with Crippen molar-refractivity contribution in [2.75, 3.05) is 13.2 Å². The third-order valence-electron chi connectivity index (χ3n) is 2.50. The molecule has 0 saturated heterocycles. The van der Waals surface area contributed by atoms with Crippen LogP contribution >= 0.6 is 0 Å². The number of hydrogen-bond acceptors (Lipinski definition) is 7. The van der Waals surface area contributed by atoms with Gasteiger partial charge in [-0.15, -0.1) is 0 Å². The molecule has 0 amide bonds. The second-order valence-electron chi connectivity index (χ2n) is 4.00. The molecule has 0 fully saturated rings. The molecule has 0 radical (unpaired) electrons. The van der Waals surface area contributed by atoms with Crippen LogP contribution in [0, 0.1) is 10.1 Å². The predicted molar refractivity (Wildman–Crippen MR) is 76.0 cm³/mol. The van der Waals surface area contributed by atoms with Crippen molar-refractivity contribution in [3.05, 3.63) is 39.4 Å². The van der Waals surface area contributed by atoms with Crippen molar-refractivity contribution in [2.45, 2.75) is 13.8 Å². The van der Waals surface area contributed by atoms with Crippen LogP contribution in [0.25, 0.3) is 6.08 Å². The molecule has 0 heterocycles. The third-order valence-corrected chi connectivity index (χ3v) is 2.50. The van der Waals surface area contributed by atoms with E-state index >= 15 is 0 Å². The summed E-state index contributed by atoms with van der Waals surface area (Å²) in [6.45, 7) is 3.16. The highest BCUT2D eigenvalue weighted by molar-refractivity contribution is 6.18. The van der Waals surface area contributed by atoms with E-state index in [4.69, 9.17) is 9.47 Å². The number of nitro benzene ring substituents is 1. The minimum absolute atomic E-state index is 0.0255. The maximum absolute atomic E-state index is 11.8. The van der Waals surface area contributed by atoms with Crippen molar-refractivity contribution < 1.29 is 29.1 Å². The van der Waals surface area contributed by atoms with Crippen molar-refractivity contribution in [3.8, 4) is 5.75 Å². The summed E-state index contributed by atoms with van der Waals surface area (Å²) in [6.07, 6.45) is 0.966. The SMILES string of the molecule is CCOC(=O)C(=Cc1cc(O)ccc1[N+](=O)[O-])C(=O)OCC. The quantitative estimate of drug-likeness (QED) is 0.213. The number of phenols is 1. The Labute approximate surface area is 126 Å². The average Bonchev–Trinajstić information content (AvgIpc) is 2.44. The van der Waals surface area contributed by atoms with Gasteiger partial charge in [-0.2, -0.15) is 0 Å². The monoisotopic (exact) mass is 309 g/mol. The molecule has 0 bridgehead atoms. The lowest BCUT2D eigenvalue weighted by Crippen LogP contribution is -2.18. The van der Waals surface area contributed by atoms with Crippen LogP contribution in [0.3, 0.4) is 0 Å². The van der Waals surface area contributed by atoms with Crippen LogP contribution < -0.4 is 0 Å². The Kier molecular flexibility index (Phi) is 6.06. The molecule has 1 N–H and O–H groups in total. The van der Waals surface area contributed by atoms with Crippen LogP contribution in [-0.4, -0.2) is 35.2 Å². The van der Waals surface area contributed by atoms with E-state index in [9.17, 15) is 24.8 Å². The van der Waals surface area contributed by atoms with Crippen LogP contribution in [0.2, 0.25) is 0 Å². The first-order chi connectivity index (χ1) is 10.4. The molecular formula is C14H15NO7. The first-order valence-corrected chi connectivity index (χ1v) is 6.44. The average molecular weight is 309 g/mol. The van der Waals surface area contributed by atoms with Gasteiger partial charge in [0.1, 0.15) is 11.3 Å². The molecular weight excluding hydrogens is 294 g/mol. The molecule has 1 aromatic rings. The smallest absolute Gasteiger partial charge is 0.345 e. The summed E-state index contributed by atoms with van der Waals surface area (Å²) >= 11 is 0. The Bertz CT molecular complexity index is 602. The summed E-state index contributed by atoms with van der Waals surface area (Å²) in [5, 5.41) is 20.4. The van der Waals surface area contributed by atoms with Crippen molar-refractivity contribution in [3.63, 3.8) is 0 Å². The van der Waals surface area contributed by atoms with Crippen LogP contribution in [0.5, 0.6) is 5.75 Å². The summed E-state index contributed by atoms with van der Waals surface area (Å²) in [6, 6.07) is 3.26. The van der Waals surface area contributed by atoms with E-state index in [1.54, 1.807) is 13.8 Å². The van der Waals surface area contributed by atoms with E-state index in [1.807, 2.05) is 0 Å². The van der Waals surface area contributed by atoms with Gasteiger partial charge in [-0.25, -0.2) is 9.59 Å². The van der Waals surface area contributed by atoms with E-state index in [1.165, 1.54) is 0 Å². The van der Waals surface area contributed by atoms with E-state index in [0.717, 1.165) is 24.3 Å². The number of hydrogen-bond donors (Lipinski definition) is 1. The molecule has 0 aliphatic heterocycles. The van der Waals surface area contributed by atoms with Gasteiger partial charge in [0.25, 0.3) is 5.69 Å².